The molecule has 0 nitrogen and oxygen atoms in total. The molecule has 73 heavy (non-hydrogen) atoms. The van der Waals surface area contributed by atoms with Gasteiger partial charge in [0.25, 0.3) is 0 Å². The van der Waals surface area contributed by atoms with Gasteiger partial charge in [-0.25, -0.2) is 0 Å². The number of hydrogen-bond acceptors (Lipinski definition) is 0. The van der Waals surface area contributed by atoms with E-state index in [1.807, 2.05) is 0 Å². The number of fused-ring (bicyclic) bond motifs is 7. The van der Waals surface area contributed by atoms with Crippen LogP contribution in [-0.2, 0) is 5.41 Å². The van der Waals surface area contributed by atoms with Gasteiger partial charge in [-0.2, -0.15) is 0 Å². The lowest BCUT2D eigenvalue weighted by atomic mass is 9.80. The van der Waals surface area contributed by atoms with Gasteiger partial charge in [-0.3, -0.25) is 0 Å². The van der Waals surface area contributed by atoms with E-state index in [4.69, 9.17) is 0 Å². The Morgan fingerprint density at radius 1 is 0.274 bits per heavy atom. The Kier molecular flexibility index (Phi) is 10.1. The molecule has 0 heterocycles. The first-order valence-corrected chi connectivity index (χ1v) is 25.9. The highest BCUT2D eigenvalue weighted by Crippen LogP contribution is 2.53. The molecule has 0 amide bonds. The predicted octanol–water partition coefficient (Wildman–Crippen LogP) is 20.3. The monoisotopic (exact) mass is 928 g/mol. The molecule has 0 radical (unpaired) electrons. The lowest BCUT2D eigenvalue weighted by Crippen LogP contribution is -2.15. The van der Waals surface area contributed by atoms with Crippen LogP contribution in [0.3, 0.4) is 0 Å². The summed E-state index contributed by atoms with van der Waals surface area (Å²) in [5, 5.41) is 10.2. The maximum atomic E-state index is 2.49. The second kappa shape index (κ2) is 17.2. The molecule has 2 aliphatic carbocycles. The fourth-order valence-corrected chi connectivity index (χ4v) is 12.5. The molecule has 0 spiro atoms. The van der Waals surface area contributed by atoms with Gasteiger partial charge >= 0.3 is 0 Å². The summed E-state index contributed by atoms with van der Waals surface area (Å²) in [4.78, 5) is 0. The maximum absolute atomic E-state index is 2.49. The second-order valence-electron chi connectivity index (χ2n) is 20.6. The number of benzene rings is 12. The number of rotatable bonds is 7. The smallest absolute Gasteiger partial charge is 0.0159 e. The molecule has 0 bridgehead atoms. The quantitative estimate of drug-likeness (QED) is 0.140. The molecule has 0 fully saturated rings. The van der Waals surface area contributed by atoms with E-state index in [-0.39, 0.29) is 5.41 Å². The lowest BCUT2D eigenvalue weighted by Gasteiger charge is -2.23. The normalized spacial score (nSPS) is 13.6. The highest BCUT2D eigenvalue weighted by atomic mass is 14.4. The van der Waals surface area contributed by atoms with Crippen molar-refractivity contribution in [2.45, 2.75) is 32.1 Å². The van der Waals surface area contributed by atoms with E-state index in [0.29, 0.717) is 0 Å². The van der Waals surface area contributed by atoms with Crippen LogP contribution in [0.5, 0.6) is 0 Å². The van der Waals surface area contributed by atoms with Gasteiger partial charge in [0, 0.05) is 5.41 Å². The SMILES string of the molecule is CC1(C)c2cc(-c3ccc(-c4c5ccccc5c(-c5ccc(C6=CCCC=C6)cc5)c5ccccc45)cc3)ccc2-c2ccc(-c3c4ccccc4c(-c4ccc(-c5ccccc5)cc4)c4ccccc34)cc21. The van der Waals surface area contributed by atoms with Gasteiger partial charge in [-0.05, 0) is 168 Å². The van der Waals surface area contributed by atoms with Crippen LogP contribution in [0.25, 0.3) is 127 Å². The Morgan fingerprint density at radius 3 is 1.00 bits per heavy atom. The van der Waals surface area contributed by atoms with Gasteiger partial charge in [0.2, 0.25) is 0 Å². The fraction of sp³-hybridized carbons (Fsp3) is 0.0685. The molecule has 0 heteroatoms. The summed E-state index contributed by atoms with van der Waals surface area (Å²) < 4.78 is 0. The predicted molar refractivity (Wildman–Crippen MR) is 313 cm³/mol. The molecule has 0 unspecified atom stereocenters. The first-order chi connectivity index (χ1) is 36.0. The summed E-state index contributed by atoms with van der Waals surface area (Å²) >= 11 is 0. The van der Waals surface area contributed by atoms with Crippen LogP contribution in [0.1, 0.15) is 43.4 Å². The van der Waals surface area contributed by atoms with E-state index in [2.05, 4.69) is 269 Å². The van der Waals surface area contributed by atoms with Crippen molar-refractivity contribution in [2.24, 2.45) is 0 Å². The molecular formula is C73H52. The zero-order valence-corrected chi connectivity index (χ0v) is 41.2. The van der Waals surface area contributed by atoms with E-state index >= 15 is 0 Å². The highest BCUT2D eigenvalue weighted by Gasteiger charge is 2.36. The zero-order valence-electron chi connectivity index (χ0n) is 41.2. The molecule has 0 N–H and O–H groups in total. The van der Waals surface area contributed by atoms with Gasteiger partial charge in [0.1, 0.15) is 0 Å². The molecule has 12 aromatic carbocycles. The topological polar surface area (TPSA) is 0 Å². The molecule has 0 aromatic heterocycles. The van der Waals surface area contributed by atoms with Crippen molar-refractivity contribution in [1.82, 2.24) is 0 Å². The largest absolute Gasteiger partial charge is 0.0836 e. The van der Waals surface area contributed by atoms with Gasteiger partial charge < -0.3 is 0 Å². The van der Waals surface area contributed by atoms with Crippen molar-refractivity contribution >= 4 is 48.7 Å². The van der Waals surface area contributed by atoms with Crippen molar-refractivity contribution < 1.29 is 0 Å². The summed E-state index contributed by atoms with van der Waals surface area (Å²) in [6.07, 6.45) is 9.13. The fourth-order valence-electron chi connectivity index (χ4n) is 12.5. The van der Waals surface area contributed by atoms with Crippen molar-refractivity contribution in [2.75, 3.05) is 0 Å². The van der Waals surface area contributed by atoms with E-state index in [1.54, 1.807) is 0 Å². The van der Waals surface area contributed by atoms with Crippen molar-refractivity contribution in [3.8, 4) is 77.9 Å². The summed E-state index contributed by atoms with van der Waals surface area (Å²) in [6.45, 7) is 4.82. The first-order valence-electron chi connectivity index (χ1n) is 25.9. The Labute approximate surface area is 427 Å². The minimum atomic E-state index is -0.202. The minimum absolute atomic E-state index is 0.202. The maximum Gasteiger partial charge on any atom is 0.0159 e. The van der Waals surface area contributed by atoms with Crippen LogP contribution < -0.4 is 0 Å². The summed E-state index contributed by atoms with van der Waals surface area (Å²) in [7, 11) is 0. The third-order valence-corrected chi connectivity index (χ3v) is 16.1. The Hall–Kier alpha value is -8.84. The molecule has 12 aromatic rings. The van der Waals surface area contributed by atoms with E-state index < -0.39 is 0 Å². The van der Waals surface area contributed by atoms with E-state index in [9.17, 15) is 0 Å². The van der Waals surface area contributed by atoms with Crippen LogP contribution in [-0.4, -0.2) is 0 Å². The molecule has 344 valence electrons. The molecule has 14 rings (SSSR count). The zero-order chi connectivity index (χ0) is 48.6. The molecule has 0 saturated carbocycles. The van der Waals surface area contributed by atoms with Crippen LogP contribution in [0, 0.1) is 0 Å². The summed E-state index contributed by atoms with van der Waals surface area (Å²) in [5.74, 6) is 0. The molecule has 0 saturated heterocycles. The average molecular weight is 929 g/mol. The van der Waals surface area contributed by atoms with Gasteiger partial charge in [0.15, 0.2) is 0 Å². The van der Waals surface area contributed by atoms with Gasteiger partial charge in [-0.1, -0.05) is 257 Å². The molecule has 2 aliphatic rings. The van der Waals surface area contributed by atoms with E-state index in [0.717, 1.165) is 12.8 Å². The van der Waals surface area contributed by atoms with E-state index in [1.165, 1.54) is 143 Å². The van der Waals surface area contributed by atoms with Crippen LogP contribution in [0.2, 0.25) is 0 Å². The lowest BCUT2D eigenvalue weighted by molar-refractivity contribution is 0.661. The van der Waals surface area contributed by atoms with Crippen molar-refractivity contribution in [3.63, 3.8) is 0 Å². The van der Waals surface area contributed by atoms with Gasteiger partial charge in [0.05, 0.1) is 0 Å². The average Bonchev–Trinajstić information content (AvgIpc) is 3.68. The minimum Gasteiger partial charge on any atom is -0.0836 e. The Balaban J connectivity index is 0.814. The summed E-state index contributed by atoms with van der Waals surface area (Å²) in [5.41, 5.74) is 22.8. The summed E-state index contributed by atoms with van der Waals surface area (Å²) in [6, 6.07) is 88.6. The molecule has 0 atom stereocenters. The van der Waals surface area contributed by atoms with Crippen LogP contribution in [0.15, 0.2) is 255 Å². The number of allylic oxidation sites excluding steroid dienone is 4. The molecule has 0 aliphatic heterocycles. The second-order valence-corrected chi connectivity index (χ2v) is 20.6. The highest BCUT2D eigenvalue weighted by molar-refractivity contribution is 6.23. The standard InChI is InChI=1S/C73H52/c1-73(2)67-45-55(51-33-39-54(40-34-51)70-61-23-11-9-21-59(61)69(60-22-10-12-24-62(60)70)52-35-29-49(30-36-52)47-17-5-3-6-18-47)41-43-57(67)58-44-42-56(46-68(58)73)72-65-27-15-13-25-63(65)71(64-26-14-16-28-66(64)72)53-37-31-50(32-38-53)48-19-7-4-8-20-48/h4-5,7-46H,3,6H2,1-2H3. The van der Waals surface area contributed by atoms with Crippen LogP contribution >= 0.6 is 0 Å². The third kappa shape index (κ3) is 7.04. The Bertz CT molecular complexity index is 4110. The molecular weight excluding hydrogens is 877 g/mol. The third-order valence-electron chi connectivity index (χ3n) is 16.1. The Morgan fingerprint density at radius 2 is 0.589 bits per heavy atom. The van der Waals surface area contributed by atoms with Crippen molar-refractivity contribution in [3.05, 3.63) is 272 Å². The van der Waals surface area contributed by atoms with Crippen LogP contribution in [0.4, 0.5) is 0 Å². The number of hydrogen-bond donors (Lipinski definition) is 0. The van der Waals surface area contributed by atoms with Gasteiger partial charge in [-0.15, -0.1) is 0 Å². The first kappa shape index (κ1) is 43.0. The van der Waals surface area contributed by atoms with Crippen molar-refractivity contribution in [1.29, 1.82) is 0 Å².